The van der Waals surface area contributed by atoms with Crippen molar-refractivity contribution in [1.82, 2.24) is 0 Å². The number of rotatable bonds is 4. The van der Waals surface area contributed by atoms with Crippen molar-refractivity contribution in [3.8, 4) is 0 Å². The van der Waals surface area contributed by atoms with Crippen molar-refractivity contribution in [1.29, 1.82) is 0 Å². The highest BCUT2D eigenvalue weighted by Crippen LogP contribution is 2.32. The fraction of sp³-hybridized carbons (Fsp3) is 0.300. The Labute approximate surface area is 116 Å². The zero-order chi connectivity index (χ0) is 13.0. The van der Waals surface area contributed by atoms with E-state index in [4.69, 9.17) is 23.2 Å². The second-order valence-corrected chi connectivity index (χ2v) is 6.07. The maximum absolute atomic E-state index is 11.8. The minimum absolute atomic E-state index is 0.231. The largest absolute Gasteiger partial charge is 0.468 e. The topological polar surface area (TPSA) is 43.4 Å². The van der Waals surface area contributed by atoms with Crippen LogP contribution < -0.4 is 0 Å². The molecule has 0 amide bonds. The van der Waals surface area contributed by atoms with Crippen LogP contribution in [0.4, 0.5) is 0 Å². The van der Waals surface area contributed by atoms with E-state index in [9.17, 15) is 9.00 Å². The summed E-state index contributed by atoms with van der Waals surface area (Å²) in [5.41, 5.74) is 0. The van der Waals surface area contributed by atoms with E-state index >= 15 is 0 Å². The Kier molecular flexibility index (Phi) is 5.79. The normalized spacial score (nSPS) is 12.2. The van der Waals surface area contributed by atoms with E-state index in [1.165, 1.54) is 24.9 Å². The SMILES string of the molecule is COC(=O)CS(=O)c1cc(Cl)c(SC)cc1Cl. The third-order valence-electron chi connectivity index (χ3n) is 1.93. The highest BCUT2D eigenvalue weighted by Gasteiger charge is 2.15. The van der Waals surface area contributed by atoms with Gasteiger partial charge in [0.15, 0.2) is 0 Å². The first-order valence-electron chi connectivity index (χ1n) is 4.47. The third kappa shape index (κ3) is 3.88. The second kappa shape index (κ2) is 6.64. The lowest BCUT2D eigenvalue weighted by atomic mass is 10.3. The first kappa shape index (κ1) is 14.8. The summed E-state index contributed by atoms with van der Waals surface area (Å²) in [4.78, 5) is 12.2. The summed E-state index contributed by atoms with van der Waals surface area (Å²) in [6.07, 6.45) is 1.86. The van der Waals surface area contributed by atoms with E-state index in [0.717, 1.165) is 4.90 Å². The molecule has 1 atom stereocenters. The number of hydrogen-bond donors (Lipinski definition) is 0. The predicted molar refractivity (Wildman–Crippen MR) is 71.5 cm³/mol. The van der Waals surface area contributed by atoms with E-state index in [1.807, 2.05) is 6.26 Å². The Balaban J connectivity index is 3.02. The van der Waals surface area contributed by atoms with Crippen LogP contribution in [0.2, 0.25) is 10.0 Å². The lowest BCUT2D eigenvalue weighted by molar-refractivity contribution is -0.137. The van der Waals surface area contributed by atoms with E-state index in [-0.39, 0.29) is 5.75 Å². The van der Waals surface area contributed by atoms with Gasteiger partial charge in [0.1, 0.15) is 5.75 Å². The summed E-state index contributed by atoms with van der Waals surface area (Å²) in [5, 5.41) is 0.802. The van der Waals surface area contributed by atoms with Gasteiger partial charge in [-0.2, -0.15) is 0 Å². The summed E-state index contributed by atoms with van der Waals surface area (Å²) < 4.78 is 16.3. The van der Waals surface area contributed by atoms with Crippen molar-refractivity contribution in [2.45, 2.75) is 9.79 Å². The van der Waals surface area contributed by atoms with Gasteiger partial charge in [0.05, 0.1) is 32.9 Å². The molecular formula is C10H10Cl2O3S2. The van der Waals surface area contributed by atoms with E-state index in [0.29, 0.717) is 14.9 Å². The summed E-state index contributed by atoms with van der Waals surface area (Å²) in [5.74, 6) is -0.782. The molecule has 7 heteroatoms. The van der Waals surface area contributed by atoms with Gasteiger partial charge in [-0.25, -0.2) is 0 Å². The minimum atomic E-state index is -1.55. The molecule has 0 fully saturated rings. The van der Waals surface area contributed by atoms with Crippen LogP contribution in [0.3, 0.4) is 0 Å². The Morgan fingerprint density at radius 3 is 2.59 bits per heavy atom. The number of thioether (sulfide) groups is 1. The van der Waals surface area contributed by atoms with E-state index in [2.05, 4.69) is 4.74 Å². The number of benzene rings is 1. The van der Waals surface area contributed by atoms with Crippen LogP contribution in [0.15, 0.2) is 21.9 Å². The van der Waals surface area contributed by atoms with Crippen LogP contribution in [0, 0.1) is 0 Å². The van der Waals surface area contributed by atoms with Crippen molar-refractivity contribution >= 4 is 51.7 Å². The van der Waals surface area contributed by atoms with Gasteiger partial charge in [0.25, 0.3) is 0 Å². The molecule has 0 N–H and O–H groups in total. The highest BCUT2D eigenvalue weighted by molar-refractivity contribution is 7.98. The number of hydrogen-bond acceptors (Lipinski definition) is 4. The summed E-state index contributed by atoms with van der Waals surface area (Å²) >= 11 is 13.4. The molecule has 0 saturated heterocycles. The molecule has 1 aromatic rings. The Hall–Kier alpha value is -0.230. The summed E-state index contributed by atoms with van der Waals surface area (Å²) in [6.45, 7) is 0. The van der Waals surface area contributed by atoms with Gasteiger partial charge in [0.2, 0.25) is 0 Å². The molecule has 0 bridgehead atoms. The van der Waals surface area contributed by atoms with Gasteiger partial charge >= 0.3 is 5.97 Å². The number of methoxy groups -OCH3 is 1. The summed E-state index contributed by atoms with van der Waals surface area (Å²) in [6, 6.07) is 3.16. The standard InChI is InChI=1S/C10H10Cl2O3S2/c1-15-10(13)5-17(14)9-4-6(11)8(16-2)3-7(9)12/h3-4H,5H2,1-2H3. The average molecular weight is 313 g/mol. The maximum atomic E-state index is 11.8. The monoisotopic (exact) mass is 312 g/mol. The molecule has 0 saturated carbocycles. The van der Waals surface area contributed by atoms with Crippen molar-refractivity contribution < 1.29 is 13.7 Å². The molecule has 0 heterocycles. The molecule has 0 spiro atoms. The lowest BCUT2D eigenvalue weighted by Gasteiger charge is -2.07. The molecule has 3 nitrogen and oxygen atoms in total. The van der Waals surface area contributed by atoms with Crippen LogP contribution in [-0.4, -0.2) is 29.3 Å². The van der Waals surface area contributed by atoms with E-state index in [1.54, 1.807) is 6.07 Å². The molecule has 0 aliphatic heterocycles. The van der Waals surface area contributed by atoms with Crippen LogP contribution in [0.5, 0.6) is 0 Å². The van der Waals surface area contributed by atoms with Crippen molar-refractivity contribution in [2.75, 3.05) is 19.1 Å². The first-order valence-corrected chi connectivity index (χ1v) is 7.77. The first-order chi connectivity index (χ1) is 7.99. The number of ether oxygens (including phenoxy) is 1. The van der Waals surface area contributed by atoms with Gasteiger partial charge < -0.3 is 4.74 Å². The molecule has 17 heavy (non-hydrogen) atoms. The molecule has 1 aromatic carbocycles. The van der Waals surface area contributed by atoms with Crippen molar-refractivity contribution in [3.63, 3.8) is 0 Å². The summed E-state index contributed by atoms with van der Waals surface area (Å²) in [7, 11) is -0.305. The van der Waals surface area contributed by atoms with Gasteiger partial charge in [-0.3, -0.25) is 9.00 Å². The van der Waals surface area contributed by atoms with Gasteiger partial charge in [0, 0.05) is 4.90 Å². The van der Waals surface area contributed by atoms with Crippen LogP contribution in [0.1, 0.15) is 0 Å². The number of halogens is 2. The van der Waals surface area contributed by atoms with Crippen molar-refractivity contribution in [3.05, 3.63) is 22.2 Å². The molecule has 0 aliphatic carbocycles. The lowest BCUT2D eigenvalue weighted by Crippen LogP contribution is -2.12. The van der Waals surface area contributed by atoms with E-state index < -0.39 is 16.8 Å². The maximum Gasteiger partial charge on any atom is 0.318 e. The third-order valence-corrected chi connectivity index (χ3v) is 4.88. The average Bonchev–Trinajstić information content (AvgIpc) is 2.31. The molecule has 0 aromatic heterocycles. The molecule has 94 valence electrons. The Bertz CT molecular complexity index is 463. The number of carbonyl (C=O) groups is 1. The predicted octanol–water partition coefficient (Wildman–Crippen LogP) is 3.00. The molecule has 1 rings (SSSR count). The molecule has 0 aliphatic rings. The van der Waals surface area contributed by atoms with Gasteiger partial charge in [-0.05, 0) is 18.4 Å². The molecule has 1 unspecified atom stereocenters. The van der Waals surface area contributed by atoms with Crippen LogP contribution in [0.25, 0.3) is 0 Å². The zero-order valence-corrected chi connectivity index (χ0v) is 12.3. The quantitative estimate of drug-likeness (QED) is 0.633. The highest BCUT2D eigenvalue weighted by atomic mass is 35.5. The van der Waals surface area contributed by atoms with Crippen molar-refractivity contribution in [2.24, 2.45) is 0 Å². The van der Waals surface area contributed by atoms with Crippen LogP contribution in [-0.2, 0) is 20.3 Å². The van der Waals surface area contributed by atoms with Gasteiger partial charge in [-0.1, -0.05) is 23.2 Å². The Morgan fingerprint density at radius 2 is 2.06 bits per heavy atom. The fourth-order valence-corrected chi connectivity index (χ4v) is 3.53. The second-order valence-electron chi connectivity index (χ2n) is 2.98. The van der Waals surface area contributed by atoms with Gasteiger partial charge in [-0.15, -0.1) is 11.8 Å². The molecule has 0 radical (unpaired) electrons. The molecular weight excluding hydrogens is 303 g/mol. The minimum Gasteiger partial charge on any atom is -0.468 e. The fourth-order valence-electron chi connectivity index (χ4n) is 1.08. The number of carbonyl (C=O) groups excluding carboxylic acids is 1. The Morgan fingerprint density at radius 1 is 1.41 bits per heavy atom. The smallest absolute Gasteiger partial charge is 0.318 e. The zero-order valence-electron chi connectivity index (χ0n) is 9.16. The van der Waals surface area contributed by atoms with Crippen LogP contribution >= 0.6 is 35.0 Å². The number of esters is 1.